The Morgan fingerprint density at radius 2 is 2.03 bits per heavy atom. The highest BCUT2D eigenvalue weighted by Gasteiger charge is 2.34. The maximum absolute atomic E-state index is 13.5. The molecule has 0 saturated heterocycles. The third-order valence-corrected chi connectivity index (χ3v) is 6.78. The van der Waals surface area contributed by atoms with E-state index >= 15 is 0 Å². The van der Waals surface area contributed by atoms with Crippen LogP contribution < -0.4 is 9.47 Å². The standard InChI is InChI=1S/C25H28N2O5S/c1-17(2)27(25(29)22-8-5-12-31-22)15-24(28)26-11-9-23-20(10-13-33-23)21(26)16-32-19-7-4-6-18(14-19)30-3/h4-8,10,12-14,17,21H,9,11,15-16H2,1-3H3. The summed E-state index contributed by atoms with van der Waals surface area (Å²) in [5.41, 5.74) is 1.11. The van der Waals surface area contributed by atoms with Crippen molar-refractivity contribution in [1.29, 1.82) is 0 Å². The van der Waals surface area contributed by atoms with E-state index in [4.69, 9.17) is 13.9 Å². The van der Waals surface area contributed by atoms with Crippen molar-refractivity contribution in [2.75, 3.05) is 26.8 Å². The molecular formula is C25H28N2O5S. The minimum Gasteiger partial charge on any atom is -0.497 e. The van der Waals surface area contributed by atoms with Crippen molar-refractivity contribution in [3.8, 4) is 11.5 Å². The lowest BCUT2D eigenvalue weighted by atomic mass is 10.00. The highest BCUT2D eigenvalue weighted by molar-refractivity contribution is 7.10. The maximum Gasteiger partial charge on any atom is 0.290 e. The monoisotopic (exact) mass is 468 g/mol. The first-order chi connectivity index (χ1) is 16.0. The molecule has 0 spiro atoms. The number of fused-ring (bicyclic) bond motifs is 1. The lowest BCUT2D eigenvalue weighted by Crippen LogP contribution is -2.49. The highest BCUT2D eigenvalue weighted by atomic mass is 32.1. The van der Waals surface area contributed by atoms with Gasteiger partial charge in [0.1, 0.15) is 24.7 Å². The van der Waals surface area contributed by atoms with Gasteiger partial charge in [0.25, 0.3) is 5.91 Å². The van der Waals surface area contributed by atoms with Crippen molar-refractivity contribution < 1.29 is 23.5 Å². The second-order valence-electron chi connectivity index (χ2n) is 8.15. The van der Waals surface area contributed by atoms with E-state index in [1.165, 1.54) is 11.1 Å². The number of amides is 2. The molecule has 0 aliphatic carbocycles. The van der Waals surface area contributed by atoms with Gasteiger partial charge < -0.3 is 23.7 Å². The molecule has 1 unspecified atom stereocenters. The summed E-state index contributed by atoms with van der Waals surface area (Å²) < 4.78 is 16.6. The van der Waals surface area contributed by atoms with Crippen LogP contribution in [-0.4, -0.2) is 54.5 Å². The Bertz CT molecular complexity index is 1090. The number of nitrogens with zero attached hydrogens (tertiary/aromatic N) is 2. The first kappa shape index (κ1) is 22.9. The number of thiophene rings is 1. The molecule has 2 amide bonds. The molecule has 33 heavy (non-hydrogen) atoms. The van der Waals surface area contributed by atoms with Gasteiger partial charge in [-0.15, -0.1) is 11.3 Å². The molecule has 0 radical (unpaired) electrons. The average molecular weight is 469 g/mol. The number of benzene rings is 1. The van der Waals surface area contributed by atoms with E-state index in [0.29, 0.717) is 24.7 Å². The smallest absolute Gasteiger partial charge is 0.290 e. The summed E-state index contributed by atoms with van der Waals surface area (Å²) in [4.78, 5) is 31.0. The van der Waals surface area contributed by atoms with Gasteiger partial charge in [0.2, 0.25) is 5.91 Å². The van der Waals surface area contributed by atoms with E-state index in [0.717, 1.165) is 12.0 Å². The van der Waals surface area contributed by atoms with Crippen molar-refractivity contribution in [3.63, 3.8) is 0 Å². The average Bonchev–Trinajstić information content (AvgIpc) is 3.52. The molecule has 3 heterocycles. The fraction of sp³-hybridized carbons (Fsp3) is 0.360. The summed E-state index contributed by atoms with van der Waals surface area (Å²) in [6, 6.07) is 12.4. The molecule has 0 bridgehead atoms. The van der Waals surface area contributed by atoms with Crippen molar-refractivity contribution in [2.24, 2.45) is 0 Å². The summed E-state index contributed by atoms with van der Waals surface area (Å²) in [7, 11) is 1.61. The molecule has 174 valence electrons. The minimum absolute atomic E-state index is 0.0215. The van der Waals surface area contributed by atoms with Gasteiger partial charge in [-0.3, -0.25) is 9.59 Å². The SMILES string of the molecule is COc1cccc(OCC2c3ccsc3CCN2C(=O)CN(C(=O)c2ccco2)C(C)C)c1. The van der Waals surface area contributed by atoms with E-state index in [-0.39, 0.29) is 36.2 Å². The summed E-state index contributed by atoms with van der Waals surface area (Å²) in [5.74, 6) is 1.22. The predicted octanol–water partition coefficient (Wildman–Crippen LogP) is 4.41. The zero-order chi connectivity index (χ0) is 23.4. The molecule has 1 aromatic carbocycles. The molecule has 0 fully saturated rings. The Kier molecular flexibility index (Phi) is 7.03. The van der Waals surface area contributed by atoms with Gasteiger partial charge in [0.05, 0.1) is 19.4 Å². The number of rotatable bonds is 8. The fourth-order valence-corrected chi connectivity index (χ4v) is 4.94. The van der Waals surface area contributed by atoms with Crippen molar-refractivity contribution >= 4 is 23.2 Å². The molecule has 8 heteroatoms. The topological polar surface area (TPSA) is 72.2 Å². The van der Waals surface area contributed by atoms with Crippen molar-refractivity contribution in [1.82, 2.24) is 9.80 Å². The Hall–Kier alpha value is -3.26. The zero-order valence-electron chi connectivity index (χ0n) is 19.0. The Morgan fingerprint density at radius 3 is 2.76 bits per heavy atom. The number of methoxy groups -OCH3 is 1. The lowest BCUT2D eigenvalue weighted by Gasteiger charge is -2.37. The first-order valence-electron chi connectivity index (χ1n) is 10.9. The molecular weight excluding hydrogens is 440 g/mol. The normalized spacial score (nSPS) is 15.3. The van der Waals surface area contributed by atoms with Crippen LogP contribution in [-0.2, 0) is 11.2 Å². The molecule has 3 aromatic rings. The van der Waals surface area contributed by atoms with Gasteiger partial charge in [-0.2, -0.15) is 0 Å². The van der Waals surface area contributed by atoms with E-state index in [2.05, 4.69) is 11.4 Å². The number of hydrogen-bond acceptors (Lipinski definition) is 6. The van der Waals surface area contributed by atoms with E-state index in [1.54, 1.807) is 35.5 Å². The molecule has 2 aromatic heterocycles. The summed E-state index contributed by atoms with van der Waals surface area (Å²) in [6.45, 7) is 4.66. The fourth-order valence-electron chi connectivity index (χ4n) is 4.01. The second-order valence-corrected chi connectivity index (χ2v) is 9.15. The largest absolute Gasteiger partial charge is 0.497 e. The maximum atomic E-state index is 13.5. The van der Waals surface area contributed by atoms with Crippen LogP contribution in [0.4, 0.5) is 0 Å². The molecule has 7 nitrogen and oxygen atoms in total. The molecule has 1 aliphatic rings. The van der Waals surface area contributed by atoms with E-state index in [1.807, 2.05) is 43.0 Å². The number of hydrogen-bond donors (Lipinski definition) is 0. The minimum atomic E-state index is -0.291. The Labute approximate surface area is 197 Å². The molecule has 0 N–H and O–H groups in total. The van der Waals surface area contributed by atoms with Gasteiger partial charge in [-0.1, -0.05) is 6.07 Å². The highest BCUT2D eigenvalue weighted by Crippen LogP contribution is 2.34. The third kappa shape index (κ3) is 5.06. The van der Waals surface area contributed by atoms with Crippen LogP contribution in [0, 0.1) is 0 Å². The van der Waals surface area contributed by atoms with Crippen molar-refractivity contribution in [2.45, 2.75) is 32.4 Å². The van der Waals surface area contributed by atoms with Crippen LogP contribution >= 0.6 is 11.3 Å². The van der Waals surface area contributed by atoms with E-state index in [9.17, 15) is 9.59 Å². The van der Waals surface area contributed by atoms with Gasteiger partial charge in [-0.25, -0.2) is 0 Å². The van der Waals surface area contributed by atoms with Gasteiger partial charge in [0.15, 0.2) is 5.76 Å². The van der Waals surface area contributed by atoms with Gasteiger partial charge in [-0.05, 0) is 61.5 Å². The lowest BCUT2D eigenvalue weighted by molar-refractivity contribution is -0.136. The molecule has 1 atom stereocenters. The molecule has 1 aliphatic heterocycles. The van der Waals surface area contributed by atoms with E-state index < -0.39 is 0 Å². The van der Waals surface area contributed by atoms with Crippen LogP contribution in [0.5, 0.6) is 11.5 Å². The van der Waals surface area contributed by atoms with Crippen LogP contribution in [0.2, 0.25) is 0 Å². The Morgan fingerprint density at radius 1 is 1.21 bits per heavy atom. The van der Waals surface area contributed by atoms with Crippen LogP contribution in [0.3, 0.4) is 0 Å². The van der Waals surface area contributed by atoms with Gasteiger partial charge >= 0.3 is 0 Å². The van der Waals surface area contributed by atoms with Crippen molar-refractivity contribution in [3.05, 3.63) is 70.3 Å². The third-order valence-electron chi connectivity index (χ3n) is 5.79. The van der Waals surface area contributed by atoms with Crippen LogP contribution in [0.1, 0.15) is 40.9 Å². The molecule has 4 rings (SSSR count). The van der Waals surface area contributed by atoms with Gasteiger partial charge in [0, 0.05) is 23.5 Å². The van der Waals surface area contributed by atoms with Crippen LogP contribution in [0.15, 0.2) is 58.5 Å². The predicted molar refractivity (Wildman–Crippen MR) is 126 cm³/mol. The number of carbonyl (C=O) groups is 2. The zero-order valence-corrected chi connectivity index (χ0v) is 19.8. The second kappa shape index (κ2) is 10.1. The van der Waals surface area contributed by atoms with Crippen LogP contribution in [0.25, 0.3) is 0 Å². The Balaban J connectivity index is 1.52. The summed E-state index contributed by atoms with van der Waals surface area (Å²) in [5, 5.41) is 2.05. The quantitative estimate of drug-likeness (QED) is 0.490. The number of carbonyl (C=O) groups excluding carboxylic acids is 2. The molecule has 0 saturated carbocycles. The first-order valence-corrected chi connectivity index (χ1v) is 11.8. The summed E-state index contributed by atoms with van der Waals surface area (Å²) in [6.07, 6.45) is 2.25. The summed E-state index contributed by atoms with van der Waals surface area (Å²) >= 11 is 1.70. The number of furan rings is 1. The number of ether oxygens (including phenoxy) is 2.